The number of carbonyl (C=O) groups excluding carboxylic acids is 1. The van der Waals surface area contributed by atoms with E-state index in [0.29, 0.717) is 12.0 Å². The Kier molecular flexibility index (Phi) is 4.83. The van der Waals surface area contributed by atoms with Crippen molar-refractivity contribution < 1.29 is 9.18 Å². The first-order chi connectivity index (χ1) is 8.73. The summed E-state index contributed by atoms with van der Waals surface area (Å²) >= 11 is 0. The standard InChI is InChI=1S/C16H20FNO/c1-11(9-16(2,3)4)7-15(19)12-5-6-14(17)13(8-12)10-18/h5-6,8,11H,7,9H2,1-4H3. The average molecular weight is 261 g/mol. The van der Waals surface area contributed by atoms with Crippen LogP contribution in [-0.4, -0.2) is 5.78 Å². The molecule has 1 atom stereocenters. The maximum Gasteiger partial charge on any atom is 0.163 e. The van der Waals surface area contributed by atoms with Gasteiger partial charge in [-0.05, 0) is 36.0 Å². The van der Waals surface area contributed by atoms with E-state index in [1.807, 2.05) is 6.92 Å². The number of nitrogens with zero attached hydrogens (tertiary/aromatic N) is 1. The molecule has 0 N–H and O–H groups in total. The molecule has 1 unspecified atom stereocenters. The molecule has 0 saturated heterocycles. The van der Waals surface area contributed by atoms with Crippen LogP contribution in [0.25, 0.3) is 0 Å². The summed E-state index contributed by atoms with van der Waals surface area (Å²) in [6.45, 7) is 8.46. The topological polar surface area (TPSA) is 40.9 Å². The predicted octanol–water partition coefficient (Wildman–Crippen LogP) is 4.34. The Hall–Kier alpha value is -1.69. The first-order valence-electron chi connectivity index (χ1n) is 6.46. The highest BCUT2D eigenvalue weighted by Crippen LogP contribution is 2.27. The summed E-state index contributed by atoms with van der Waals surface area (Å²) in [5, 5.41) is 8.76. The number of hydrogen-bond acceptors (Lipinski definition) is 2. The van der Waals surface area contributed by atoms with Gasteiger partial charge in [0, 0.05) is 12.0 Å². The first-order valence-corrected chi connectivity index (χ1v) is 6.46. The molecule has 1 aromatic rings. The summed E-state index contributed by atoms with van der Waals surface area (Å²) in [5.41, 5.74) is 0.522. The molecule has 0 amide bonds. The van der Waals surface area contributed by atoms with Gasteiger partial charge in [0.2, 0.25) is 0 Å². The maximum absolute atomic E-state index is 13.2. The number of benzene rings is 1. The van der Waals surface area contributed by atoms with Crippen LogP contribution < -0.4 is 0 Å². The van der Waals surface area contributed by atoms with Crippen molar-refractivity contribution in [3.05, 3.63) is 35.1 Å². The molecule has 0 heterocycles. The SMILES string of the molecule is CC(CC(=O)c1ccc(F)c(C#N)c1)CC(C)(C)C. The van der Waals surface area contributed by atoms with Crippen LogP contribution in [0.2, 0.25) is 0 Å². The Bertz CT molecular complexity index is 508. The van der Waals surface area contributed by atoms with Crippen LogP contribution >= 0.6 is 0 Å². The van der Waals surface area contributed by atoms with E-state index in [1.54, 1.807) is 6.07 Å². The molecule has 0 aliphatic heterocycles. The van der Waals surface area contributed by atoms with Crippen LogP contribution in [0.15, 0.2) is 18.2 Å². The molecule has 0 aliphatic carbocycles. The van der Waals surface area contributed by atoms with Crippen molar-refractivity contribution in [2.45, 2.75) is 40.5 Å². The fourth-order valence-electron chi connectivity index (χ4n) is 2.34. The number of carbonyl (C=O) groups is 1. The van der Waals surface area contributed by atoms with Crippen molar-refractivity contribution in [3.8, 4) is 6.07 Å². The van der Waals surface area contributed by atoms with E-state index in [0.717, 1.165) is 6.42 Å². The zero-order valence-corrected chi connectivity index (χ0v) is 12.0. The summed E-state index contributed by atoms with van der Waals surface area (Å²) in [4.78, 5) is 12.1. The van der Waals surface area contributed by atoms with Gasteiger partial charge in [0.25, 0.3) is 0 Å². The lowest BCUT2D eigenvalue weighted by atomic mass is 9.83. The van der Waals surface area contributed by atoms with Gasteiger partial charge in [0.05, 0.1) is 5.56 Å². The second-order valence-electron chi connectivity index (χ2n) is 6.30. The Morgan fingerprint density at radius 1 is 1.42 bits per heavy atom. The predicted molar refractivity (Wildman–Crippen MR) is 73.3 cm³/mol. The van der Waals surface area contributed by atoms with Crippen LogP contribution in [0.1, 0.15) is 56.5 Å². The van der Waals surface area contributed by atoms with E-state index in [4.69, 9.17) is 5.26 Å². The third-order valence-electron chi connectivity index (χ3n) is 2.90. The Balaban J connectivity index is 2.77. The molecule has 0 aromatic heterocycles. The summed E-state index contributed by atoms with van der Waals surface area (Å²) < 4.78 is 13.2. The van der Waals surface area contributed by atoms with Crippen molar-refractivity contribution in [3.63, 3.8) is 0 Å². The molecule has 102 valence electrons. The van der Waals surface area contributed by atoms with Crippen molar-refractivity contribution in [2.24, 2.45) is 11.3 Å². The Morgan fingerprint density at radius 3 is 2.58 bits per heavy atom. The molecule has 0 fully saturated rings. The lowest BCUT2D eigenvalue weighted by Gasteiger charge is -2.22. The normalized spacial score (nSPS) is 12.8. The molecule has 0 bridgehead atoms. The zero-order valence-electron chi connectivity index (χ0n) is 12.0. The third kappa shape index (κ3) is 4.82. The lowest BCUT2D eigenvalue weighted by Crippen LogP contribution is -2.14. The van der Waals surface area contributed by atoms with Gasteiger partial charge in [-0.3, -0.25) is 4.79 Å². The van der Waals surface area contributed by atoms with E-state index in [1.165, 1.54) is 18.2 Å². The smallest absolute Gasteiger partial charge is 0.163 e. The fourth-order valence-corrected chi connectivity index (χ4v) is 2.34. The largest absolute Gasteiger partial charge is 0.294 e. The van der Waals surface area contributed by atoms with Crippen molar-refractivity contribution >= 4 is 5.78 Å². The van der Waals surface area contributed by atoms with Gasteiger partial charge < -0.3 is 0 Å². The fraction of sp³-hybridized carbons (Fsp3) is 0.500. The van der Waals surface area contributed by atoms with Gasteiger partial charge in [-0.15, -0.1) is 0 Å². The number of ketones is 1. The molecule has 0 saturated carbocycles. The van der Waals surface area contributed by atoms with E-state index in [2.05, 4.69) is 20.8 Å². The molecular formula is C16H20FNO. The molecule has 1 aromatic carbocycles. The highest BCUT2D eigenvalue weighted by Gasteiger charge is 2.19. The molecule has 1 rings (SSSR count). The van der Waals surface area contributed by atoms with Crippen LogP contribution in [0.3, 0.4) is 0 Å². The van der Waals surface area contributed by atoms with Gasteiger partial charge in [-0.1, -0.05) is 27.7 Å². The molecule has 0 aliphatic rings. The number of Topliss-reactive ketones (excluding diaryl/α,β-unsaturated/α-hetero) is 1. The van der Waals surface area contributed by atoms with Gasteiger partial charge in [-0.25, -0.2) is 4.39 Å². The van der Waals surface area contributed by atoms with Crippen LogP contribution in [0.5, 0.6) is 0 Å². The van der Waals surface area contributed by atoms with Crippen LogP contribution in [-0.2, 0) is 0 Å². The second-order valence-corrected chi connectivity index (χ2v) is 6.30. The molecule has 2 nitrogen and oxygen atoms in total. The van der Waals surface area contributed by atoms with Crippen molar-refractivity contribution in [2.75, 3.05) is 0 Å². The Labute approximate surface area is 114 Å². The number of nitriles is 1. The third-order valence-corrected chi connectivity index (χ3v) is 2.90. The summed E-state index contributed by atoms with van der Waals surface area (Å²) in [6.07, 6.45) is 1.37. The highest BCUT2D eigenvalue weighted by molar-refractivity contribution is 5.96. The maximum atomic E-state index is 13.2. The van der Waals surface area contributed by atoms with Crippen molar-refractivity contribution in [1.29, 1.82) is 5.26 Å². The monoisotopic (exact) mass is 261 g/mol. The van der Waals surface area contributed by atoms with E-state index in [-0.39, 0.29) is 22.7 Å². The number of rotatable bonds is 4. The minimum absolute atomic E-state index is 0.0340. The minimum atomic E-state index is -0.582. The molecule has 3 heteroatoms. The van der Waals surface area contributed by atoms with Gasteiger partial charge >= 0.3 is 0 Å². The summed E-state index contributed by atoms with van der Waals surface area (Å²) in [7, 11) is 0. The van der Waals surface area contributed by atoms with Crippen molar-refractivity contribution in [1.82, 2.24) is 0 Å². The summed E-state index contributed by atoms with van der Waals surface area (Å²) in [6, 6.07) is 5.72. The summed E-state index contributed by atoms with van der Waals surface area (Å²) in [5.74, 6) is -0.349. The molecular weight excluding hydrogens is 241 g/mol. The lowest BCUT2D eigenvalue weighted by molar-refractivity contribution is 0.0954. The van der Waals surface area contributed by atoms with E-state index < -0.39 is 5.82 Å². The van der Waals surface area contributed by atoms with Gasteiger partial charge in [-0.2, -0.15) is 5.26 Å². The zero-order chi connectivity index (χ0) is 14.6. The molecule has 0 spiro atoms. The minimum Gasteiger partial charge on any atom is -0.294 e. The Morgan fingerprint density at radius 2 is 2.05 bits per heavy atom. The van der Waals surface area contributed by atoms with Crippen LogP contribution in [0.4, 0.5) is 4.39 Å². The quantitative estimate of drug-likeness (QED) is 0.756. The highest BCUT2D eigenvalue weighted by atomic mass is 19.1. The average Bonchev–Trinajstić information content (AvgIpc) is 2.26. The second kappa shape index (κ2) is 5.97. The van der Waals surface area contributed by atoms with Gasteiger partial charge in [0.1, 0.15) is 11.9 Å². The molecule has 0 radical (unpaired) electrons. The van der Waals surface area contributed by atoms with Crippen LogP contribution in [0, 0.1) is 28.5 Å². The molecule has 19 heavy (non-hydrogen) atoms. The van der Waals surface area contributed by atoms with Gasteiger partial charge in [0.15, 0.2) is 5.78 Å². The van der Waals surface area contributed by atoms with E-state index >= 15 is 0 Å². The number of halogens is 1. The first kappa shape index (κ1) is 15.4. The number of hydrogen-bond donors (Lipinski definition) is 0. The van der Waals surface area contributed by atoms with E-state index in [9.17, 15) is 9.18 Å².